The Morgan fingerprint density at radius 2 is 2.12 bits per heavy atom. The Morgan fingerprint density at radius 1 is 1.21 bits per heavy atom. The molecule has 24 heavy (non-hydrogen) atoms. The fourth-order valence-corrected chi connectivity index (χ4v) is 2.67. The van der Waals surface area contributed by atoms with Gasteiger partial charge in [-0.15, -0.1) is 0 Å². The van der Waals surface area contributed by atoms with E-state index in [0.717, 1.165) is 27.7 Å². The average Bonchev–Trinajstić information content (AvgIpc) is 3.20. The van der Waals surface area contributed by atoms with Crippen molar-refractivity contribution in [1.82, 2.24) is 15.3 Å². The number of amides is 1. The first-order valence-electron chi connectivity index (χ1n) is 7.48. The Hall–Kier alpha value is -3.25. The van der Waals surface area contributed by atoms with E-state index in [9.17, 15) is 9.90 Å². The summed E-state index contributed by atoms with van der Waals surface area (Å²) in [5, 5.41) is 12.9. The molecule has 1 amide bonds. The SMILES string of the molecule is O=C1NC(c2cccc(CO)c2)=NC1=Cc1c[nH]c2ncccc12. The molecule has 1 aliphatic heterocycles. The summed E-state index contributed by atoms with van der Waals surface area (Å²) in [6.07, 6.45) is 5.25. The molecule has 0 saturated heterocycles. The van der Waals surface area contributed by atoms with Crippen molar-refractivity contribution < 1.29 is 9.90 Å². The lowest BCUT2D eigenvalue weighted by Crippen LogP contribution is -2.24. The molecule has 3 heterocycles. The van der Waals surface area contributed by atoms with Crippen molar-refractivity contribution in [2.75, 3.05) is 0 Å². The summed E-state index contributed by atoms with van der Waals surface area (Å²) in [4.78, 5) is 23.9. The van der Waals surface area contributed by atoms with Gasteiger partial charge >= 0.3 is 0 Å². The van der Waals surface area contributed by atoms with E-state index in [0.29, 0.717) is 11.5 Å². The summed E-state index contributed by atoms with van der Waals surface area (Å²) >= 11 is 0. The number of carbonyl (C=O) groups is 1. The molecule has 3 N–H and O–H groups in total. The van der Waals surface area contributed by atoms with Crippen molar-refractivity contribution >= 4 is 28.9 Å². The smallest absolute Gasteiger partial charge is 0.275 e. The number of aliphatic hydroxyl groups is 1. The molecule has 0 unspecified atom stereocenters. The van der Waals surface area contributed by atoms with Gasteiger partial charge in [-0.05, 0) is 29.8 Å². The van der Waals surface area contributed by atoms with E-state index in [-0.39, 0.29) is 12.5 Å². The third-order valence-electron chi connectivity index (χ3n) is 3.86. The lowest BCUT2D eigenvalue weighted by Gasteiger charge is -2.02. The summed E-state index contributed by atoms with van der Waals surface area (Å²) in [6, 6.07) is 11.1. The zero-order valence-corrected chi connectivity index (χ0v) is 12.7. The number of carbonyl (C=O) groups excluding carboxylic acids is 1. The van der Waals surface area contributed by atoms with Gasteiger partial charge in [-0.2, -0.15) is 0 Å². The van der Waals surface area contributed by atoms with Crippen LogP contribution in [0.5, 0.6) is 0 Å². The maximum absolute atomic E-state index is 12.2. The molecule has 4 rings (SSSR count). The zero-order valence-electron chi connectivity index (χ0n) is 12.7. The second kappa shape index (κ2) is 5.75. The molecule has 0 radical (unpaired) electrons. The summed E-state index contributed by atoms with van der Waals surface area (Å²) < 4.78 is 0. The fourth-order valence-electron chi connectivity index (χ4n) is 2.67. The number of pyridine rings is 1. The third kappa shape index (κ3) is 2.49. The minimum absolute atomic E-state index is 0.0555. The van der Waals surface area contributed by atoms with Crippen LogP contribution in [0.25, 0.3) is 17.1 Å². The third-order valence-corrected chi connectivity index (χ3v) is 3.86. The largest absolute Gasteiger partial charge is 0.392 e. The number of hydrogen-bond acceptors (Lipinski definition) is 4. The number of aromatic amines is 1. The minimum atomic E-state index is -0.252. The van der Waals surface area contributed by atoms with Crippen LogP contribution >= 0.6 is 0 Å². The Morgan fingerprint density at radius 3 is 3.00 bits per heavy atom. The van der Waals surface area contributed by atoms with Crippen LogP contribution in [0.4, 0.5) is 0 Å². The quantitative estimate of drug-likeness (QED) is 0.645. The van der Waals surface area contributed by atoms with E-state index in [1.54, 1.807) is 24.5 Å². The number of hydrogen-bond donors (Lipinski definition) is 3. The van der Waals surface area contributed by atoms with Crippen LogP contribution in [-0.2, 0) is 11.4 Å². The van der Waals surface area contributed by atoms with Crippen LogP contribution in [0.3, 0.4) is 0 Å². The number of H-pyrrole nitrogens is 1. The van der Waals surface area contributed by atoms with Gasteiger partial charge in [0.2, 0.25) is 0 Å². The number of amidine groups is 1. The maximum Gasteiger partial charge on any atom is 0.275 e. The number of aliphatic hydroxyl groups excluding tert-OH is 1. The second-order valence-corrected chi connectivity index (χ2v) is 5.45. The number of benzene rings is 1. The molecule has 2 aromatic heterocycles. The van der Waals surface area contributed by atoms with Crippen molar-refractivity contribution in [3.63, 3.8) is 0 Å². The van der Waals surface area contributed by atoms with Gasteiger partial charge < -0.3 is 15.4 Å². The highest BCUT2D eigenvalue weighted by atomic mass is 16.3. The normalized spacial score (nSPS) is 15.8. The van der Waals surface area contributed by atoms with Crippen molar-refractivity contribution in [1.29, 1.82) is 0 Å². The van der Waals surface area contributed by atoms with Gasteiger partial charge in [0.15, 0.2) is 0 Å². The zero-order chi connectivity index (χ0) is 16.5. The molecule has 118 valence electrons. The van der Waals surface area contributed by atoms with E-state index in [4.69, 9.17) is 0 Å². The molecule has 0 atom stereocenters. The van der Waals surface area contributed by atoms with Crippen molar-refractivity contribution in [2.24, 2.45) is 4.99 Å². The van der Waals surface area contributed by atoms with Crippen molar-refractivity contribution in [3.05, 3.63) is 71.2 Å². The van der Waals surface area contributed by atoms with Gasteiger partial charge in [0, 0.05) is 28.9 Å². The molecule has 6 heteroatoms. The summed E-state index contributed by atoms with van der Waals surface area (Å²) in [7, 11) is 0. The van der Waals surface area contributed by atoms with Crippen LogP contribution in [0.2, 0.25) is 0 Å². The highest BCUT2D eigenvalue weighted by Gasteiger charge is 2.21. The average molecular weight is 318 g/mol. The molecule has 0 bridgehead atoms. The molecule has 3 aromatic rings. The first-order chi connectivity index (χ1) is 11.7. The number of rotatable bonds is 3. The van der Waals surface area contributed by atoms with E-state index in [2.05, 4.69) is 20.3 Å². The molecule has 1 aromatic carbocycles. The molecule has 0 spiro atoms. The Labute approximate surface area is 137 Å². The molecule has 0 saturated carbocycles. The van der Waals surface area contributed by atoms with Crippen molar-refractivity contribution in [3.8, 4) is 0 Å². The van der Waals surface area contributed by atoms with Gasteiger partial charge in [-0.25, -0.2) is 9.98 Å². The first kappa shape index (κ1) is 14.3. The molecule has 6 nitrogen and oxygen atoms in total. The van der Waals surface area contributed by atoms with Crippen LogP contribution in [0.1, 0.15) is 16.7 Å². The first-order valence-corrected chi connectivity index (χ1v) is 7.48. The van der Waals surface area contributed by atoms with Gasteiger partial charge in [0.1, 0.15) is 17.2 Å². The summed E-state index contributed by atoms with van der Waals surface area (Å²) in [5.41, 5.74) is 3.49. The van der Waals surface area contributed by atoms with Crippen LogP contribution < -0.4 is 5.32 Å². The van der Waals surface area contributed by atoms with E-state index < -0.39 is 0 Å². The van der Waals surface area contributed by atoms with Gasteiger partial charge in [0.25, 0.3) is 5.91 Å². The van der Waals surface area contributed by atoms with E-state index in [1.807, 2.05) is 30.3 Å². The van der Waals surface area contributed by atoms with Gasteiger partial charge in [-0.3, -0.25) is 4.79 Å². The van der Waals surface area contributed by atoms with Gasteiger partial charge in [-0.1, -0.05) is 18.2 Å². The van der Waals surface area contributed by atoms with E-state index in [1.165, 1.54) is 0 Å². The predicted octanol–water partition coefficient (Wildman–Crippen LogP) is 1.97. The molecule has 0 fully saturated rings. The molecule has 0 aliphatic carbocycles. The fraction of sp³-hybridized carbons (Fsp3) is 0.0556. The topological polar surface area (TPSA) is 90.4 Å². The Kier molecular flexibility index (Phi) is 3.44. The van der Waals surface area contributed by atoms with Crippen LogP contribution in [0, 0.1) is 0 Å². The number of fused-ring (bicyclic) bond motifs is 1. The Bertz CT molecular complexity index is 1000. The summed E-state index contributed by atoms with van der Waals surface area (Å²) in [6.45, 7) is -0.0555. The number of nitrogens with one attached hydrogen (secondary N) is 2. The van der Waals surface area contributed by atoms with E-state index >= 15 is 0 Å². The monoisotopic (exact) mass is 318 g/mol. The molecular formula is C18H14N4O2. The molecule has 1 aliphatic rings. The highest BCUT2D eigenvalue weighted by Crippen LogP contribution is 2.21. The lowest BCUT2D eigenvalue weighted by molar-refractivity contribution is -0.115. The second-order valence-electron chi connectivity index (χ2n) is 5.45. The van der Waals surface area contributed by atoms with Crippen LogP contribution in [-0.4, -0.2) is 26.8 Å². The standard InChI is InChI=1S/C18H14N4O2/c23-10-11-3-1-4-12(7-11)16-21-15(18(24)22-16)8-13-9-20-17-14(13)5-2-6-19-17/h1-9,23H,10H2,(H,19,20)(H,21,22,24). The highest BCUT2D eigenvalue weighted by molar-refractivity contribution is 6.20. The molecular weight excluding hydrogens is 304 g/mol. The Balaban J connectivity index is 1.73. The maximum atomic E-state index is 12.2. The van der Waals surface area contributed by atoms with Crippen LogP contribution in [0.15, 0.2) is 59.5 Å². The predicted molar refractivity (Wildman–Crippen MR) is 91.1 cm³/mol. The number of aliphatic imine (C=N–C) groups is 1. The minimum Gasteiger partial charge on any atom is -0.392 e. The lowest BCUT2D eigenvalue weighted by atomic mass is 10.1. The number of aromatic nitrogens is 2. The number of nitrogens with zero attached hydrogens (tertiary/aromatic N) is 2. The van der Waals surface area contributed by atoms with Gasteiger partial charge in [0.05, 0.1) is 6.61 Å². The summed E-state index contributed by atoms with van der Waals surface area (Å²) in [5.74, 6) is 0.233. The van der Waals surface area contributed by atoms with Crippen molar-refractivity contribution in [2.45, 2.75) is 6.61 Å².